The summed E-state index contributed by atoms with van der Waals surface area (Å²) in [5.41, 5.74) is 0. The molecule has 0 spiro atoms. The molecule has 6 nitrogen and oxygen atoms in total. The number of amides is 1. The van der Waals surface area contributed by atoms with Gasteiger partial charge in [-0.2, -0.15) is 0 Å². The Morgan fingerprint density at radius 2 is 2.18 bits per heavy atom. The van der Waals surface area contributed by atoms with Gasteiger partial charge in [-0.3, -0.25) is 4.79 Å². The fourth-order valence-corrected chi connectivity index (χ4v) is 1.22. The van der Waals surface area contributed by atoms with Crippen molar-refractivity contribution in [2.75, 3.05) is 20.7 Å². The van der Waals surface area contributed by atoms with Crippen LogP contribution in [0.1, 0.15) is 22.7 Å². The van der Waals surface area contributed by atoms with Gasteiger partial charge in [-0.05, 0) is 12.1 Å². The molecule has 2 N–H and O–H groups in total. The second-order valence-electron chi connectivity index (χ2n) is 3.36. The predicted octanol–water partition coefficient (Wildman–Crippen LogP) is 0.292. The lowest BCUT2D eigenvalue weighted by molar-refractivity contribution is -0.120. The molecule has 0 saturated heterocycles. The zero-order chi connectivity index (χ0) is 12.7. The van der Waals surface area contributed by atoms with Gasteiger partial charge >= 0.3 is 5.97 Å². The summed E-state index contributed by atoms with van der Waals surface area (Å²) in [7, 11) is 2.89. The lowest BCUT2D eigenvalue weighted by Gasteiger charge is -2.01. The zero-order valence-corrected chi connectivity index (χ0v) is 9.91. The lowest BCUT2D eigenvalue weighted by Crippen LogP contribution is -2.24. The topological polar surface area (TPSA) is 80.6 Å². The van der Waals surface area contributed by atoms with Crippen molar-refractivity contribution in [1.82, 2.24) is 10.6 Å². The molecule has 1 heterocycles. The zero-order valence-electron chi connectivity index (χ0n) is 9.91. The van der Waals surface area contributed by atoms with E-state index in [1.54, 1.807) is 19.2 Å². The van der Waals surface area contributed by atoms with Crippen LogP contribution >= 0.6 is 0 Å². The number of esters is 1. The van der Waals surface area contributed by atoms with E-state index in [0.717, 1.165) is 0 Å². The molecule has 0 saturated carbocycles. The first-order valence-electron chi connectivity index (χ1n) is 5.25. The maximum Gasteiger partial charge on any atom is 0.373 e. The standard InChI is InChI=1S/C11H16N2O4/c1-12-10(14)5-6-13-7-8-3-4-9(17-8)11(15)16-2/h3-4,13H,5-7H2,1-2H3,(H,12,14). The van der Waals surface area contributed by atoms with E-state index < -0.39 is 5.97 Å². The van der Waals surface area contributed by atoms with Gasteiger partial charge < -0.3 is 19.8 Å². The van der Waals surface area contributed by atoms with Gasteiger partial charge in [0.15, 0.2) is 0 Å². The lowest BCUT2D eigenvalue weighted by atomic mass is 10.3. The summed E-state index contributed by atoms with van der Waals surface area (Å²) in [6.45, 7) is 1.02. The van der Waals surface area contributed by atoms with Crippen LogP contribution in [0.25, 0.3) is 0 Å². The number of hydrogen-bond donors (Lipinski definition) is 2. The van der Waals surface area contributed by atoms with Gasteiger partial charge in [0.25, 0.3) is 0 Å². The van der Waals surface area contributed by atoms with E-state index in [-0.39, 0.29) is 11.7 Å². The number of hydrogen-bond acceptors (Lipinski definition) is 5. The Balaban J connectivity index is 2.30. The van der Waals surface area contributed by atoms with Gasteiger partial charge in [-0.25, -0.2) is 4.79 Å². The molecule has 0 radical (unpaired) electrons. The summed E-state index contributed by atoms with van der Waals surface area (Å²) in [5.74, 6) is 0.284. The number of ether oxygens (including phenoxy) is 1. The highest BCUT2D eigenvalue weighted by atomic mass is 16.5. The highest BCUT2D eigenvalue weighted by molar-refractivity contribution is 5.86. The van der Waals surface area contributed by atoms with Crippen LogP contribution in [0.5, 0.6) is 0 Å². The second-order valence-corrected chi connectivity index (χ2v) is 3.36. The van der Waals surface area contributed by atoms with Crippen molar-refractivity contribution in [2.45, 2.75) is 13.0 Å². The normalized spacial score (nSPS) is 10.0. The molecule has 0 aliphatic carbocycles. The Kier molecular flexibility index (Phi) is 5.22. The minimum absolute atomic E-state index is 0.0211. The van der Waals surface area contributed by atoms with E-state index in [9.17, 15) is 9.59 Å². The fourth-order valence-electron chi connectivity index (χ4n) is 1.22. The van der Waals surface area contributed by atoms with Crippen LogP contribution in [-0.4, -0.2) is 32.6 Å². The largest absolute Gasteiger partial charge is 0.463 e. The van der Waals surface area contributed by atoms with Crippen LogP contribution in [0.15, 0.2) is 16.5 Å². The first kappa shape index (κ1) is 13.2. The molecule has 0 aliphatic rings. The van der Waals surface area contributed by atoms with Gasteiger partial charge in [0.1, 0.15) is 5.76 Å². The molecule has 17 heavy (non-hydrogen) atoms. The number of carbonyl (C=O) groups excluding carboxylic acids is 2. The maximum absolute atomic E-state index is 11.1. The van der Waals surface area contributed by atoms with Crippen molar-refractivity contribution in [3.8, 4) is 0 Å². The van der Waals surface area contributed by atoms with Crippen LogP contribution in [0, 0.1) is 0 Å². The number of rotatable bonds is 6. The molecule has 0 fully saturated rings. The Labute approximate surface area is 99.3 Å². The highest BCUT2D eigenvalue weighted by Gasteiger charge is 2.10. The third kappa shape index (κ3) is 4.28. The van der Waals surface area contributed by atoms with Crippen LogP contribution < -0.4 is 10.6 Å². The molecule has 1 amide bonds. The van der Waals surface area contributed by atoms with E-state index >= 15 is 0 Å². The molecule has 0 atom stereocenters. The van der Waals surface area contributed by atoms with Crippen LogP contribution in [0.3, 0.4) is 0 Å². The third-order valence-electron chi connectivity index (χ3n) is 2.16. The molecule has 1 aromatic rings. The van der Waals surface area contributed by atoms with E-state index in [1.807, 2.05) is 0 Å². The fraction of sp³-hybridized carbons (Fsp3) is 0.455. The summed E-state index contributed by atoms with van der Waals surface area (Å²) in [4.78, 5) is 22.0. The molecule has 0 unspecified atom stereocenters. The molecular weight excluding hydrogens is 224 g/mol. The van der Waals surface area contributed by atoms with Crippen molar-refractivity contribution in [3.05, 3.63) is 23.7 Å². The average Bonchev–Trinajstić information content (AvgIpc) is 2.82. The third-order valence-corrected chi connectivity index (χ3v) is 2.16. The van der Waals surface area contributed by atoms with Crippen molar-refractivity contribution in [3.63, 3.8) is 0 Å². The van der Waals surface area contributed by atoms with Gasteiger partial charge in [-0.1, -0.05) is 0 Å². The summed E-state index contributed by atoms with van der Waals surface area (Å²) in [5, 5.41) is 5.56. The van der Waals surface area contributed by atoms with Gasteiger partial charge in [0, 0.05) is 20.0 Å². The molecular formula is C11H16N2O4. The van der Waals surface area contributed by atoms with Crippen molar-refractivity contribution >= 4 is 11.9 Å². The summed E-state index contributed by atoms with van der Waals surface area (Å²) >= 11 is 0. The SMILES string of the molecule is CNC(=O)CCNCc1ccc(C(=O)OC)o1. The van der Waals surface area contributed by atoms with Crippen LogP contribution in [0.2, 0.25) is 0 Å². The van der Waals surface area contributed by atoms with Gasteiger partial charge in [-0.15, -0.1) is 0 Å². The quantitative estimate of drug-likeness (QED) is 0.552. The number of furan rings is 1. The maximum atomic E-state index is 11.1. The van der Waals surface area contributed by atoms with E-state index in [0.29, 0.717) is 25.3 Å². The molecule has 0 bridgehead atoms. The van der Waals surface area contributed by atoms with Crippen molar-refractivity contribution in [1.29, 1.82) is 0 Å². The minimum atomic E-state index is -0.499. The average molecular weight is 240 g/mol. The summed E-state index contributed by atoms with van der Waals surface area (Å²) in [6.07, 6.45) is 0.404. The first-order valence-corrected chi connectivity index (χ1v) is 5.25. The van der Waals surface area contributed by atoms with E-state index in [1.165, 1.54) is 7.11 Å². The van der Waals surface area contributed by atoms with Gasteiger partial charge in [0.05, 0.1) is 13.7 Å². The molecule has 1 aromatic heterocycles. The smallest absolute Gasteiger partial charge is 0.373 e. The molecule has 94 valence electrons. The number of methoxy groups -OCH3 is 1. The molecule has 0 aromatic carbocycles. The van der Waals surface area contributed by atoms with E-state index in [4.69, 9.17) is 4.42 Å². The summed E-state index contributed by atoms with van der Waals surface area (Å²) in [6, 6.07) is 3.25. The Morgan fingerprint density at radius 3 is 2.82 bits per heavy atom. The Hall–Kier alpha value is -1.82. The van der Waals surface area contributed by atoms with Crippen LogP contribution in [-0.2, 0) is 16.1 Å². The molecule has 6 heteroatoms. The van der Waals surface area contributed by atoms with E-state index in [2.05, 4.69) is 15.4 Å². The second kappa shape index (κ2) is 6.70. The Bertz CT molecular complexity index is 387. The number of nitrogens with one attached hydrogen (secondary N) is 2. The summed E-state index contributed by atoms with van der Waals surface area (Å²) < 4.78 is 9.75. The van der Waals surface area contributed by atoms with Gasteiger partial charge in [0.2, 0.25) is 11.7 Å². The van der Waals surface area contributed by atoms with Crippen molar-refractivity contribution < 1.29 is 18.7 Å². The monoisotopic (exact) mass is 240 g/mol. The highest BCUT2D eigenvalue weighted by Crippen LogP contribution is 2.08. The molecule has 0 aliphatic heterocycles. The minimum Gasteiger partial charge on any atom is -0.463 e. The number of carbonyl (C=O) groups is 2. The first-order chi connectivity index (χ1) is 8.17. The Morgan fingerprint density at radius 1 is 1.41 bits per heavy atom. The van der Waals surface area contributed by atoms with Crippen molar-refractivity contribution in [2.24, 2.45) is 0 Å². The predicted molar refractivity (Wildman–Crippen MR) is 60.4 cm³/mol. The molecule has 1 rings (SSSR count). The van der Waals surface area contributed by atoms with Crippen LogP contribution in [0.4, 0.5) is 0 Å².